The molecule has 0 saturated carbocycles. The Morgan fingerprint density at radius 2 is 2.00 bits per heavy atom. The van der Waals surface area contributed by atoms with Gasteiger partial charge in [-0.15, -0.1) is 11.3 Å². The first-order valence-corrected chi connectivity index (χ1v) is 7.54. The van der Waals surface area contributed by atoms with Crippen molar-refractivity contribution in [3.05, 3.63) is 53.5 Å². The lowest BCUT2D eigenvalue weighted by atomic mass is 10.2. The van der Waals surface area contributed by atoms with Gasteiger partial charge in [-0.1, -0.05) is 18.2 Å². The summed E-state index contributed by atoms with van der Waals surface area (Å²) in [5, 5.41) is 0. The lowest BCUT2D eigenvalue weighted by molar-refractivity contribution is 0.0993. The Hall–Kier alpha value is -2.40. The van der Waals surface area contributed by atoms with Crippen LogP contribution in [-0.2, 0) is 0 Å². The first-order valence-electron chi connectivity index (χ1n) is 6.72. The van der Waals surface area contributed by atoms with Crippen LogP contribution in [0.4, 0.5) is 11.4 Å². The van der Waals surface area contributed by atoms with Gasteiger partial charge in [-0.2, -0.15) is 0 Å². The maximum Gasteiger partial charge on any atom is 0.270 e. The van der Waals surface area contributed by atoms with Crippen LogP contribution in [0.1, 0.15) is 16.6 Å². The van der Waals surface area contributed by atoms with Gasteiger partial charge >= 0.3 is 0 Å². The number of pyridine rings is 1. The van der Waals surface area contributed by atoms with Crippen molar-refractivity contribution in [2.45, 2.75) is 6.92 Å². The zero-order valence-corrected chi connectivity index (χ0v) is 12.4. The lowest BCUT2D eigenvalue weighted by Gasteiger charge is -2.20. The van der Waals surface area contributed by atoms with Crippen LogP contribution in [0, 0.1) is 0 Å². The quantitative estimate of drug-likeness (QED) is 0.804. The Bertz CT molecular complexity index is 783. The molecule has 0 aliphatic rings. The van der Waals surface area contributed by atoms with Crippen molar-refractivity contribution in [2.24, 2.45) is 0 Å². The highest BCUT2D eigenvalue weighted by Gasteiger charge is 2.22. The largest absolute Gasteiger partial charge is 0.396 e. The average Bonchev–Trinajstić information content (AvgIpc) is 2.87. The van der Waals surface area contributed by atoms with Crippen LogP contribution in [0.5, 0.6) is 0 Å². The van der Waals surface area contributed by atoms with Gasteiger partial charge in [-0.3, -0.25) is 9.78 Å². The molecular formula is C16H15N3OS. The highest BCUT2D eigenvalue weighted by molar-refractivity contribution is 7.21. The summed E-state index contributed by atoms with van der Waals surface area (Å²) in [7, 11) is 0. The molecule has 21 heavy (non-hydrogen) atoms. The predicted octanol–water partition coefficient (Wildman–Crippen LogP) is 3.55. The van der Waals surface area contributed by atoms with Crippen LogP contribution in [0.3, 0.4) is 0 Å². The number of hydrogen-bond acceptors (Lipinski definition) is 4. The van der Waals surface area contributed by atoms with E-state index < -0.39 is 0 Å². The molecule has 0 aliphatic carbocycles. The monoisotopic (exact) mass is 297 g/mol. The number of nitrogen functional groups attached to an aromatic ring is 1. The Morgan fingerprint density at radius 1 is 1.24 bits per heavy atom. The second kappa shape index (κ2) is 5.54. The first-order chi connectivity index (χ1) is 10.2. The van der Waals surface area contributed by atoms with Crippen LogP contribution >= 0.6 is 11.3 Å². The maximum absolute atomic E-state index is 12.8. The van der Waals surface area contributed by atoms with Crippen molar-refractivity contribution in [3.8, 4) is 0 Å². The lowest BCUT2D eigenvalue weighted by Crippen LogP contribution is -2.30. The van der Waals surface area contributed by atoms with E-state index >= 15 is 0 Å². The first kappa shape index (κ1) is 13.6. The molecule has 2 aromatic heterocycles. The molecule has 4 nitrogen and oxygen atoms in total. The molecule has 1 aromatic carbocycles. The summed E-state index contributed by atoms with van der Waals surface area (Å²) < 4.78 is 0.933. The molecule has 5 heteroatoms. The Labute approximate surface area is 126 Å². The molecule has 0 bridgehead atoms. The van der Waals surface area contributed by atoms with Crippen LogP contribution in [0.2, 0.25) is 0 Å². The van der Waals surface area contributed by atoms with E-state index in [0.29, 0.717) is 22.6 Å². The molecule has 106 valence electrons. The predicted molar refractivity (Wildman–Crippen MR) is 87.8 cm³/mol. The zero-order valence-electron chi connectivity index (χ0n) is 11.6. The summed E-state index contributed by atoms with van der Waals surface area (Å²) in [5.74, 6) is -0.0794. The highest BCUT2D eigenvalue weighted by Crippen LogP contribution is 2.33. The number of para-hydroxylation sites is 1. The zero-order chi connectivity index (χ0) is 14.8. The summed E-state index contributed by atoms with van der Waals surface area (Å²) in [4.78, 5) is 19.3. The molecule has 0 radical (unpaired) electrons. The van der Waals surface area contributed by atoms with Crippen LogP contribution in [-0.4, -0.2) is 17.4 Å². The molecule has 2 heterocycles. The molecule has 2 N–H and O–H groups in total. The normalized spacial score (nSPS) is 10.7. The number of thiophene rings is 1. The van der Waals surface area contributed by atoms with Gasteiger partial charge in [0.25, 0.3) is 5.91 Å². The number of fused-ring (bicyclic) bond motifs is 1. The second-order valence-corrected chi connectivity index (χ2v) is 5.63. The minimum atomic E-state index is -0.0794. The fraction of sp³-hybridized carbons (Fsp3) is 0.125. The third-order valence-electron chi connectivity index (χ3n) is 3.31. The van der Waals surface area contributed by atoms with Crippen molar-refractivity contribution in [1.29, 1.82) is 0 Å². The van der Waals surface area contributed by atoms with E-state index in [1.807, 2.05) is 49.4 Å². The summed E-state index contributed by atoms with van der Waals surface area (Å²) >= 11 is 1.39. The number of aromatic nitrogens is 1. The highest BCUT2D eigenvalue weighted by atomic mass is 32.1. The molecule has 3 aromatic rings. The summed E-state index contributed by atoms with van der Waals surface area (Å²) in [5.41, 5.74) is 8.15. The van der Waals surface area contributed by atoms with Crippen LogP contribution in [0.25, 0.3) is 10.2 Å². The molecule has 0 spiro atoms. The SMILES string of the molecule is CCN(C(=O)c1sc2cccnc2c1N)c1ccccc1. The fourth-order valence-electron chi connectivity index (χ4n) is 2.28. The third-order valence-corrected chi connectivity index (χ3v) is 4.45. The van der Waals surface area contributed by atoms with E-state index in [-0.39, 0.29) is 5.91 Å². The van der Waals surface area contributed by atoms with E-state index in [1.165, 1.54) is 11.3 Å². The number of amides is 1. The van der Waals surface area contributed by atoms with Gasteiger partial charge in [0.2, 0.25) is 0 Å². The number of hydrogen-bond donors (Lipinski definition) is 1. The standard InChI is InChI=1S/C16H15N3OS/c1-2-19(11-7-4-3-5-8-11)16(20)15-13(17)14-12(21-15)9-6-10-18-14/h3-10H,2,17H2,1H3. The average molecular weight is 297 g/mol. The number of rotatable bonds is 3. The summed E-state index contributed by atoms with van der Waals surface area (Å²) in [6, 6.07) is 13.4. The molecule has 0 fully saturated rings. The van der Waals surface area contributed by atoms with Crippen molar-refractivity contribution >= 4 is 38.8 Å². The van der Waals surface area contributed by atoms with Gasteiger partial charge in [0.15, 0.2) is 0 Å². The second-order valence-electron chi connectivity index (χ2n) is 4.58. The number of carbonyl (C=O) groups is 1. The van der Waals surface area contributed by atoms with Gasteiger partial charge < -0.3 is 10.6 Å². The van der Waals surface area contributed by atoms with E-state index in [1.54, 1.807) is 11.1 Å². The van der Waals surface area contributed by atoms with Gasteiger partial charge in [0, 0.05) is 18.4 Å². The molecule has 0 atom stereocenters. The Balaban J connectivity index is 2.05. The third kappa shape index (κ3) is 2.36. The molecule has 3 rings (SSSR count). The summed E-state index contributed by atoms with van der Waals surface area (Å²) in [6.45, 7) is 2.54. The van der Waals surface area contributed by atoms with Crippen molar-refractivity contribution in [2.75, 3.05) is 17.2 Å². The number of benzene rings is 1. The Kier molecular flexibility index (Phi) is 3.58. The number of anilines is 2. The molecule has 0 aliphatic heterocycles. The fourth-order valence-corrected chi connectivity index (χ4v) is 3.31. The van der Waals surface area contributed by atoms with E-state index in [9.17, 15) is 4.79 Å². The maximum atomic E-state index is 12.8. The minimum Gasteiger partial charge on any atom is -0.396 e. The van der Waals surface area contributed by atoms with E-state index in [2.05, 4.69) is 4.98 Å². The van der Waals surface area contributed by atoms with Crippen LogP contribution < -0.4 is 10.6 Å². The molecule has 1 amide bonds. The Morgan fingerprint density at radius 3 is 2.67 bits per heavy atom. The van der Waals surface area contributed by atoms with Crippen molar-refractivity contribution in [3.63, 3.8) is 0 Å². The number of nitrogens with zero attached hydrogens (tertiary/aromatic N) is 2. The van der Waals surface area contributed by atoms with Crippen molar-refractivity contribution in [1.82, 2.24) is 4.98 Å². The van der Waals surface area contributed by atoms with Gasteiger partial charge in [0.05, 0.1) is 10.4 Å². The van der Waals surface area contributed by atoms with Crippen molar-refractivity contribution < 1.29 is 4.79 Å². The number of nitrogens with two attached hydrogens (primary N) is 1. The van der Waals surface area contributed by atoms with E-state index in [4.69, 9.17) is 5.73 Å². The topological polar surface area (TPSA) is 59.2 Å². The molecule has 0 unspecified atom stereocenters. The summed E-state index contributed by atoms with van der Waals surface area (Å²) in [6.07, 6.45) is 1.69. The molecular weight excluding hydrogens is 282 g/mol. The molecule has 0 saturated heterocycles. The smallest absolute Gasteiger partial charge is 0.270 e. The van der Waals surface area contributed by atoms with Crippen LogP contribution in [0.15, 0.2) is 48.7 Å². The number of carbonyl (C=O) groups excluding carboxylic acids is 1. The van der Waals surface area contributed by atoms with Gasteiger partial charge in [0.1, 0.15) is 10.4 Å². The minimum absolute atomic E-state index is 0.0794. The van der Waals surface area contributed by atoms with E-state index in [0.717, 1.165) is 10.4 Å². The van der Waals surface area contributed by atoms with Gasteiger partial charge in [-0.25, -0.2) is 0 Å². The van der Waals surface area contributed by atoms with Gasteiger partial charge in [-0.05, 0) is 31.2 Å².